The first-order chi connectivity index (χ1) is 10.2. The van der Waals surface area contributed by atoms with Crippen LogP contribution in [0.1, 0.15) is 11.5 Å². The van der Waals surface area contributed by atoms with Gasteiger partial charge in [0.1, 0.15) is 11.5 Å². The lowest BCUT2D eigenvalue weighted by Gasteiger charge is -2.20. The maximum atomic E-state index is 12.7. The van der Waals surface area contributed by atoms with E-state index in [0.717, 1.165) is 18.8 Å². The predicted octanol–water partition coefficient (Wildman–Crippen LogP) is 2.65. The Kier molecular flexibility index (Phi) is 3.93. The maximum absolute atomic E-state index is 12.7. The van der Waals surface area contributed by atoms with Gasteiger partial charge >= 0.3 is 0 Å². The van der Waals surface area contributed by atoms with Crippen LogP contribution in [0.15, 0.2) is 48.6 Å². The Morgan fingerprint density at radius 2 is 1.81 bits per heavy atom. The zero-order valence-corrected chi connectivity index (χ0v) is 12.5. The Hall–Kier alpha value is -1.87. The van der Waals surface area contributed by atoms with E-state index in [4.69, 9.17) is 4.74 Å². The third-order valence-corrected chi connectivity index (χ3v) is 4.49. The van der Waals surface area contributed by atoms with Crippen molar-refractivity contribution in [3.8, 4) is 5.75 Å². The number of rotatable bonds is 4. The van der Waals surface area contributed by atoms with Gasteiger partial charge in [-0.3, -0.25) is 4.79 Å². The molecule has 1 aromatic carbocycles. The Bertz CT molecular complexity index is 561. The van der Waals surface area contributed by atoms with Crippen LogP contribution in [0, 0.1) is 11.8 Å². The summed E-state index contributed by atoms with van der Waals surface area (Å²) in [6.07, 6.45) is 7.91. The lowest BCUT2D eigenvalue weighted by molar-refractivity contribution is -0.124. The fourth-order valence-electron chi connectivity index (χ4n) is 3.35. The van der Waals surface area contributed by atoms with Gasteiger partial charge in [-0.2, -0.15) is 0 Å². The Morgan fingerprint density at radius 3 is 2.43 bits per heavy atom. The van der Waals surface area contributed by atoms with Gasteiger partial charge in [0.05, 0.1) is 13.0 Å². The molecule has 0 aromatic heterocycles. The molecule has 0 saturated carbocycles. The van der Waals surface area contributed by atoms with Crippen LogP contribution >= 0.6 is 0 Å². The van der Waals surface area contributed by atoms with Crippen LogP contribution in [0.2, 0.25) is 0 Å². The minimum atomic E-state index is -0.0396. The summed E-state index contributed by atoms with van der Waals surface area (Å²) in [5.41, 5.74) is 1.23. The van der Waals surface area contributed by atoms with E-state index in [-0.39, 0.29) is 17.8 Å². The molecule has 1 aliphatic carbocycles. The number of methoxy groups -OCH3 is 1. The van der Waals surface area contributed by atoms with E-state index in [1.807, 2.05) is 36.4 Å². The number of hydrogen-bond donors (Lipinski definition) is 0. The van der Waals surface area contributed by atoms with Crippen molar-refractivity contribution in [2.45, 2.75) is 5.92 Å². The third kappa shape index (κ3) is 2.79. The Morgan fingerprint density at radius 1 is 1.14 bits per heavy atom. The highest BCUT2D eigenvalue weighted by atomic mass is 16.5. The van der Waals surface area contributed by atoms with Crippen LogP contribution in [0.25, 0.3) is 0 Å². The van der Waals surface area contributed by atoms with Crippen molar-refractivity contribution < 1.29 is 9.53 Å². The molecule has 0 amide bonds. The predicted molar refractivity (Wildman–Crippen MR) is 83.5 cm³/mol. The van der Waals surface area contributed by atoms with Gasteiger partial charge in [0.15, 0.2) is 0 Å². The SMILES string of the molecule is COc1ccc(C2CN(C)CC2C(=O)C2C=CC=C2)cc1. The number of carbonyl (C=O) groups is 1. The van der Waals surface area contributed by atoms with Crippen LogP contribution in [-0.2, 0) is 4.79 Å². The van der Waals surface area contributed by atoms with Gasteiger partial charge in [-0.1, -0.05) is 36.4 Å². The standard InChI is InChI=1S/C18H21NO2/c1-19-11-16(13-7-9-15(21-2)10-8-13)17(12-19)18(20)14-5-3-4-6-14/h3-10,14,16-17H,11-12H2,1-2H3. The highest BCUT2D eigenvalue weighted by Crippen LogP contribution is 2.35. The molecule has 0 radical (unpaired) electrons. The molecule has 0 N–H and O–H groups in total. The van der Waals surface area contributed by atoms with Crippen LogP contribution in [0.5, 0.6) is 5.75 Å². The van der Waals surface area contributed by atoms with Crippen LogP contribution in [0.4, 0.5) is 0 Å². The Balaban J connectivity index is 1.82. The first-order valence-corrected chi connectivity index (χ1v) is 7.40. The van der Waals surface area contributed by atoms with Gasteiger partial charge in [0.25, 0.3) is 0 Å². The summed E-state index contributed by atoms with van der Waals surface area (Å²) in [5.74, 6) is 1.50. The summed E-state index contributed by atoms with van der Waals surface area (Å²) in [6, 6.07) is 8.13. The summed E-state index contributed by atoms with van der Waals surface area (Å²) in [5, 5.41) is 0. The van der Waals surface area contributed by atoms with Crippen LogP contribution < -0.4 is 4.74 Å². The monoisotopic (exact) mass is 283 g/mol. The van der Waals surface area contributed by atoms with Crippen LogP contribution in [-0.4, -0.2) is 37.9 Å². The number of benzene rings is 1. The molecule has 110 valence electrons. The van der Waals surface area contributed by atoms with E-state index >= 15 is 0 Å². The third-order valence-electron chi connectivity index (χ3n) is 4.49. The number of ether oxygens (including phenoxy) is 1. The summed E-state index contributed by atoms with van der Waals surface area (Å²) in [7, 11) is 3.76. The average molecular weight is 283 g/mol. The van der Waals surface area contributed by atoms with Crippen molar-refractivity contribution >= 4 is 5.78 Å². The minimum Gasteiger partial charge on any atom is -0.497 e. The second kappa shape index (κ2) is 5.86. The number of ketones is 1. The molecular formula is C18H21NO2. The summed E-state index contributed by atoms with van der Waals surface area (Å²) >= 11 is 0. The van der Waals surface area contributed by atoms with E-state index in [1.165, 1.54) is 5.56 Å². The normalized spacial score (nSPS) is 25.6. The first-order valence-electron chi connectivity index (χ1n) is 7.40. The molecule has 1 aliphatic heterocycles. The fraction of sp³-hybridized carbons (Fsp3) is 0.389. The summed E-state index contributed by atoms with van der Waals surface area (Å²) < 4.78 is 5.21. The van der Waals surface area contributed by atoms with Gasteiger partial charge in [0.2, 0.25) is 0 Å². The number of nitrogens with zero attached hydrogens (tertiary/aromatic N) is 1. The molecule has 0 bridgehead atoms. The Labute approximate surface area is 125 Å². The highest BCUT2D eigenvalue weighted by Gasteiger charge is 2.38. The summed E-state index contributed by atoms with van der Waals surface area (Å²) in [4.78, 5) is 15.0. The molecule has 2 aliphatic rings. The zero-order valence-electron chi connectivity index (χ0n) is 12.5. The fourth-order valence-corrected chi connectivity index (χ4v) is 3.35. The van der Waals surface area contributed by atoms with E-state index in [0.29, 0.717) is 5.78 Å². The number of likely N-dealkylation sites (N-methyl/N-ethyl adjacent to an activating group) is 1. The molecule has 2 atom stereocenters. The number of Topliss-reactive ketones (excluding diaryl/α,β-unsaturated/α-hetero) is 1. The smallest absolute Gasteiger partial charge is 0.148 e. The molecule has 1 heterocycles. The maximum Gasteiger partial charge on any atom is 0.148 e. The van der Waals surface area contributed by atoms with Gasteiger partial charge < -0.3 is 9.64 Å². The molecule has 21 heavy (non-hydrogen) atoms. The zero-order chi connectivity index (χ0) is 14.8. The van der Waals surface area contributed by atoms with Gasteiger partial charge in [0, 0.05) is 24.9 Å². The molecule has 2 unspecified atom stereocenters. The van der Waals surface area contributed by atoms with Crippen molar-refractivity contribution in [3.63, 3.8) is 0 Å². The quantitative estimate of drug-likeness (QED) is 0.851. The van der Waals surface area contributed by atoms with E-state index < -0.39 is 0 Å². The lowest BCUT2D eigenvalue weighted by atomic mass is 9.82. The molecule has 1 saturated heterocycles. The van der Waals surface area contributed by atoms with Crippen molar-refractivity contribution in [2.75, 3.05) is 27.2 Å². The van der Waals surface area contributed by atoms with Crippen LogP contribution in [0.3, 0.4) is 0 Å². The minimum absolute atomic E-state index is 0.0396. The molecule has 1 aromatic rings. The molecular weight excluding hydrogens is 262 g/mol. The van der Waals surface area contributed by atoms with Crippen molar-refractivity contribution in [1.29, 1.82) is 0 Å². The number of likely N-dealkylation sites (tertiary alicyclic amines) is 1. The van der Waals surface area contributed by atoms with Crippen molar-refractivity contribution in [2.24, 2.45) is 11.8 Å². The molecule has 1 fully saturated rings. The second-order valence-electron chi connectivity index (χ2n) is 5.91. The largest absolute Gasteiger partial charge is 0.497 e. The first kappa shape index (κ1) is 14.1. The van der Waals surface area contributed by atoms with Gasteiger partial charge in [-0.25, -0.2) is 0 Å². The molecule has 3 nitrogen and oxygen atoms in total. The molecule has 0 spiro atoms. The van der Waals surface area contributed by atoms with Gasteiger partial charge in [-0.05, 0) is 24.7 Å². The van der Waals surface area contributed by atoms with Crippen molar-refractivity contribution in [3.05, 3.63) is 54.1 Å². The van der Waals surface area contributed by atoms with E-state index in [9.17, 15) is 4.79 Å². The van der Waals surface area contributed by atoms with E-state index in [1.54, 1.807) is 7.11 Å². The van der Waals surface area contributed by atoms with Gasteiger partial charge in [-0.15, -0.1) is 0 Å². The van der Waals surface area contributed by atoms with Crippen molar-refractivity contribution in [1.82, 2.24) is 4.90 Å². The average Bonchev–Trinajstić information content (AvgIpc) is 3.16. The number of hydrogen-bond acceptors (Lipinski definition) is 3. The second-order valence-corrected chi connectivity index (χ2v) is 5.91. The highest BCUT2D eigenvalue weighted by molar-refractivity contribution is 5.88. The van der Waals surface area contributed by atoms with E-state index in [2.05, 4.69) is 24.1 Å². The number of carbonyl (C=O) groups excluding carboxylic acids is 1. The molecule has 3 heteroatoms. The summed E-state index contributed by atoms with van der Waals surface area (Å²) in [6.45, 7) is 1.77. The lowest BCUT2D eigenvalue weighted by Crippen LogP contribution is -2.26. The molecule has 3 rings (SSSR count). The number of allylic oxidation sites excluding steroid dienone is 4. The topological polar surface area (TPSA) is 29.5 Å².